The zero-order valence-electron chi connectivity index (χ0n) is 8.75. The predicted molar refractivity (Wildman–Crippen MR) is 59.2 cm³/mol. The van der Waals surface area contributed by atoms with Gasteiger partial charge in [0, 0.05) is 11.6 Å². The SMILES string of the molecule is CCOc1cc(Cl)c(C=O)cc1OCC. The highest BCUT2D eigenvalue weighted by atomic mass is 35.5. The molecule has 0 aliphatic carbocycles. The molecule has 0 bridgehead atoms. The average molecular weight is 229 g/mol. The number of benzene rings is 1. The highest BCUT2D eigenvalue weighted by Crippen LogP contribution is 2.32. The van der Waals surface area contributed by atoms with Gasteiger partial charge in [0.05, 0.1) is 18.2 Å². The van der Waals surface area contributed by atoms with Gasteiger partial charge in [-0.15, -0.1) is 0 Å². The van der Waals surface area contributed by atoms with Crippen molar-refractivity contribution in [1.29, 1.82) is 0 Å². The van der Waals surface area contributed by atoms with Crippen molar-refractivity contribution in [2.75, 3.05) is 13.2 Å². The van der Waals surface area contributed by atoms with Crippen molar-refractivity contribution in [1.82, 2.24) is 0 Å². The molecule has 0 saturated carbocycles. The molecule has 0 radical (unpaired) electrons. The Balaban J connectivity index is 3.12. The standard InChI is InChI=1S/C11H13ClO3/c1-3-14-10-5-8(7-13)9(12)6-11(10)15-4-2/h5-7H,3-4H2,1-2H3. The number of rotatable bonds is 5. The van der Waals surface area contributed by atoms with E-state index < -0.39 is 0 Å². The summed E-state index contributed by atoms with van der Waals surface area (Å²) in [5, 5.41) is 0.372. The summed E-state index contributed by atoms with van der Waals surface area (Å²) in [7, 11) is 0. The second kappa shape index (κ2) is 5.61. The first-order chi connectivity index (χ1) is 7.22. The lowest BCUT2D eigenvalue weighted by molar-refractivity contribution is 0.112. The monoisotopic (exact) mass is 228 g/mol. The van der Waals surface area contributed by atoms with Crippen LogP contribution < -0.4 is 9.47 Å². The molecule has 4 heteroatoms. The molecule has 0 fully saturated rings. The number of halogens is 1. The number of ether oxygens (including phenoxy) is 2. The molecule has 0 amide bonds. The minimum atomic E-state index is 0.372. The summed E-state index contributed by atoms with van der Waals surface area (Å²) in [6, 6.07) is 3.18. The van der Waals surface area contributed by atoms with E-state index in [-0.39, 0.29) is 0 Å². The van der Waals surface area contributed by atoms with Crippen LogP contribution in [-0.2, 0) is 0 Å². The van der Waals surface area contributed by atoms with Crippen molar-refractivity contribution < 1.29 is 14.3 Å². The zero-order chi connectivity index (χ0) is 11.3. The van der Waals surface area contributed by atoms with Crippen LogP contribution in [0.1, 0.15) is 24.2 Å². The van der Waals surface area contributed by atoms with Gasteiger partial charge in [-0.1, -0.05) is 11.6 Å². The number of carbonyl (C=O) groups is 1. The van der Waals surface area contributed by atoms with E-state index >= 15 is 0 Å². The van der Waals surface area contributed by atoms with Gasteiger partial charge in [0.1, 0.15) is 0 Å². The lowest BCUT2D eigenvalue weighted by atomic mass is 10.2. The summed E-state index contributed by atoms with van der Waals surface area (Å²) < 4.78 is 10.7. The Hall–Kier alpha value is -1.22. The Morgan fingerprint density at radius 3 is 2.20 bits per heavy atom. The Kier molecular flexibility index (Phi) is 4.43. The van der Waals surface area contributed by atoms with Gasteiger partial charge >= 0.3 is 0 Å². The van der Waals surface area contributed by atoms with Gasteiger partial charge in [-0.25, -0.2) is 0 Å². The van der Waals surface area contributed by atoms with Crippen LogP contribution in [0.4, 0.5) is 0 Å². The number of carbonyl (C=O) groups excluding carboxylic acids is 1. The second-order valence-corrected chi connectivity index (χ2v) is 3.21. The lowest BCUT2D eigenvalue weighted by Gasteiger charge is -2.11. The summed E-state index contributed by atoms with van der Waals surface area (Å²) in [6.07, 6.45) is 0.695. The van der Waals surface area contributed by atoms with E-state index in [1.807, 2.05) is 13.8 Å². The molecule has 0 aromatic heterocycles. The van der Waals surface area contributed by atoms with Crippen LogP contribution >= 0.6 is 11.6 Å². The Bertz CT molecular complexity index is 350. The van der Waals surface area contributed by atoms with E-state index in [0.29, 0.717) is 41.6 Å². The van der Waals surface area contributed by atoms with Gasteiger partial charge in [0.2, 0.25) is 0 Å². The van der Waals surface area contributed by atoms with Crippen molar-refractivity contribution in [2.24, 2.45) is 0 Å². The molecule has 0 N–H and O–H groups in total. The molecule has 0 saturated heterocycles. The normalized spacial score (nSPS) is 9.80. The number of aldehydes is 1. The molecule has 1 aromatic rings. The minimum Gasteiger partial charge on any atom is -0.490 e. The molecular formula is C11H13ClO3. The van der Waals surface area contributed by atoms with Gasteiger partial charge in [-0.05, 0) is 19.9 Å². The zero-order valence-corrected chi connectivity index (χ0v) is 9.50. The van der Waals surface area contributed by atoms with Crippen LogP contribution in [0.3, 0.4) is 0 Å². The van der Waals surface area contributed by atoms with Crippen LogP contribution in [0.5, 0.6) is 11.5 Å². The average Bonchev–Trinajstić information content (AvgIpc) is 2.22. The van der Waals surface area contributed by atoms with Crippen LogP contribution in [0, 0.1) is 0 Å². The Morgan fingerprint density at radius 2 is 1.73 bits per heavy atom. The maximum absolute atomic E-state index is 10.7. The first-order valence-electron chi connectivity index (χ1n) is 4.77. The summed E-state index contributed by atoms with van der Waals surface area (Å²) in [5.74, 6) is 1.11. The molecule has 0 spiro atoms. The fourth-order valence-corrected chi connectivity index (χ4v) is 1.38. The predicted octanol–water partition coefficient (Wildman–Crippen LogP) is 2.95. The number of hydrogen-bond acceptors (Lipinski definition) is 3. The van der Waals surface area contributed by atoms with Crippen LogP contribution in [0.2, 0.25) is 5.02 Å². The molecule has 0 heterocycles. The summed E-state index contributed by atoms with van der Waals surface area (Å²) in [5.41, 5.74) is 0.406. The van der Waals surface area contributed by atoms with Crippen molar-refractivity contribution in [3.8, 4) is 11.5 Å². The largest absolute Gasteiger partial charge is 0.490 e. The quantitative estimate of drug-likeness (QED) is 0.727. The van der Waals surface area contributed by atoms with E-state index in [2.05, 4.69) is 0 Å². The van der Waals surface area contributed by atoms with E-state index in [0.717, 1.165) is 0 Å². The van der Waals surface area contributed by atoms with Gasteiger partial charge in [0.25, 0.3) is 0 Å². The topological polar surface area (TPSA) is 35.5 Å². The smallest absolute Gasteiger partial charge is 0.162 e. The van der Waals surface area contributed by atoms with E-state index in [1.165, 1.54) is 0 Å². The first-order valence-corrected chi connectivity index (χ1v) is 5.15. The van der Waals surface area contributed by atoms with Gasteiger partial charge < -0.3 is 9.47 Å². The van der Waals surface area contributed by atoms with Crippen molar-refractivity contribution >= 4 is 17.9 Å². The van der Waals surface area contributed by atoms with Crippen molar-refractivity contribution in [3.05, 3.63) is 22.7 Å². The fraction of sp³-hybridized carbons (Fsp3) is 0.364. The van der Waals surface area contributed by atoms with Gasteiger partial charge in [0.15, 0.2) is 17.8 Å². The van der Waals surface area contributed by atoms with Crippen LogP contribution in [0.25, 0.3) is 0 Å². The lowest BCUT2D eigenvalue weighted by Crippen LogP contribution is -1.99. The van der Waals surface area contributed by atoms with E-state index in [9.17, 15) is 4.79 Å². The minimum absolute atomic E-state index is 0.372. The van der Waals surface area contributed by atoms with Crippen LogP contribution in [0.15, 0.2) is 12.1 Å². The molecule has 0 aliphatic heterocycles. The molecule has 1 rings (SSSR count). The number of hydrogen-bond donors (Lipinski definition) is 0. The Labute approximate surface area is 93.9 Å². The first kappa shape index (κ1) is 11.9. The molecule has 0 atom stereocenters. The van der Waals surface area contributed by atoms with Crippen LogP contribution in [-0.4, -0.2) is 19.5 Å². The molecule has 0 aliphatic rings. The maximum Gasteiger partial charge on any atom is 0.162 e. The maximum atomic E-state index is 10.7. The molecule has 0 unspecified atom stereocenters. The summed E-state index contributed by atoms with van der Waals surface area (Å²) in [6.45, 7) is 4.78. The second-order valence-electron chi connectivity index (χ2n) is 2.80. The molecule has 3 nitrogen and oxygen atoms in total. The highest BCUT2D eigenvalue weighted by Gasteiger charge is 2.09. The molecule has 82 valence electrons. The molecule has 1 aromatic carbocycles. The van der Waals surface area contributed by atoms with E-state index in [4.69, 9.17) is 21.1 Å². The van der Waals surface area contributed by atoms with Gasteiger partial charge in [-0.3, -0.25) is 4.79 Å². The van der Waals surface area contributed by atoms with Gasteiger partial charge in [-0.2, -0.15) is 0 Å². The Morgan fingerprint density at radius 1 is 1.20 bits per heavy atom. The van der Waals surface area contributed by atoms with E-state index in [1.54, 1.807) is 12.1 Å². The third-order valence-corrected chi connectivity index (χ3v) is 2.12. The summed E-state index contributed by atoms with van der Waals surface area (Å²) >= 11 is 5.87. The molecule has 15 heavy (non-hydrogen) atoms. The fourth-order valence-electron chi connectivity index (χ4n) is 1.18. The highest BCUT2D eigenvalue weighted by molar-refractivity contribution is 6.33. The van der Waals surface area contributed by atoms with Crippen molar-refractivity contribution in [2.45, 2.75) is 13.8 Å². The van der Waals surface area contributed by atoms with Crippen molar-refractivity contribution in [3.63, 3.8) is 0 Å². The third kappa shape index (κ3) is 2.86. The summed E-state index contributed by atoms with van der Waals surface area (Å²) in [4.78, 5) is 10.7. The third-order valence-electron chi connectivity index (χ3n) is 1.79. The molecular weight excluding hydrogens is 216 g/mol.